The van der Waals surface area contributed by atoms with Gasteiger partial charge in [-0.25, -0.2) is 4.39 Å². The molecule has 1 atom stereocenters. The topological polar surface area (TPSA) is 64.7 Å². The van der Waals surface area contributed by atoms with Gasteiger partial charge in [0.15, 0.2) is 5.82 Å². The predicted octanol–water partition coefficient (Wildman–Crippen LogP) is 4.57. The summed E-state index contributed by atoms with van der Waals surface area (Å²) in [5.74, 6) is -0.575. The molecule has 3 aromatic rings. The molecule has 0 bridgehead atoms. The fraction of sp³-hybridized carbons (Fsp3) is 0.316. The molecule has 28 heavy (non-hydrogen) atoms. The minimum atomic E-state index is -0.339. The quantitative estimate of drug-likeness (QED) is 0.576. The number of benzene rings is 1. The fourth-order valence-electron chi connectivity index (χ4n) is 2.82. The van der Waals surface area contributed by atoms with Gasteiger partial charge in [0.05, 0.1) is 29.2 Å². The van der Waals surface area contributed by atoms with Crippen LogP contribution in [0.4, 0.5) is 10.2 Å². The Morgan fingerprint density at radius 3 is 2.75 bits per heavy atom. The van der Waals surface area contributed by atoms with E-state index < -0.39 is 0 Å². The number of nitrogens with one attached hydrogen (secondary N) is 1. The van der Waals surface area contributed by atoms with Crippen LogP contribution in [-0.4, -0.2) is 25.5 Å². The van der Waals surface area contributed by atoms with E-state index in [1.165, 1.54) is 12.1 Å². The van der Waals surface area contributed by atoms with Crippen LogP contribution in [0, 0.1) is 25.6 Å². The Morgan fingerprint density at radius 2 is 2.11 bits per heavy atom. The smallest absolute Gasteiger partial charge is 0.230 e. The summed E-state index contributed by atoms with van der Waals surface area (Å²) in [6.45, 7) is 6.45. The average Bonchev–Trinajstić information content (AvgIpc) is 3.09. The molecule has 0 fully saturated rings. The number of nitrogens with zero attached hydrogens (tertiary/aromatic N) is 4. The number of hydrogen-bond donors (Lipinski definition) is 1. The van der Waals surface area contributed by atoms with Gasteiger partial charge in [-0.3, -0.25) is 14.2 Å². The molecule has 0 radical (unpaired) electrons. The van der Waals surface area contributed by atoms with Crippen molar-refractivity contribution in [1.29, 1.82) is 0 Å². The van der Waals surface area contributed by atoms with Crippen molar-refractivity contribution in [3.63, 3.8) is 0 Å². The SMILES string of the molecule is Cc1nn(CC(C)C(=O)Nc2nn(Cc3cccc(F)c3)cc2Cl)c(C)c1Br. The molecule has 1 unspecified atom stereocenters. The van der Waals surface area contributed by atoms with E-state index in [4.69, 9.17) is 11.6 Å². The molecule has 0 saturated heterocycles. The van der Waals surface area contributed by atoms with E-state index in [0.717, 1.165) is 21.4 Å². The van der Waals surface area contributed by atoms with Crippen LogP contribution in [0.2, 0.25) is 5.02 Å². The first-order chi connectivity index (χ1) is 13.2. The summed E-state index contributed by atoms with van der Waals surface area (Å²) in [7, 11) is 0. The highest BCUT2D eigenvalue weighted by Crippen LogP contribution is 2.23. The van der Waals surface area contributed by atoms with Gasteiger partial charge in [-0.05, 0) is 47.5 Å². The number of carbonyl (C=O) groups excluding carboxylic acids is 1. The van der Waals surface area contributed by atoms with Crippen molar-refractivity contribution in [1.82, 2.24) is 19.6 Å². The van der Waals surface area contributed by atoms with E-state index in [-0.39, 0.29) is 23.5 Å². The molecule has 0 spiro atoms. The highest BCUT2D eigenvalue weighted by Gasteiger charge is 2.19. The molecule has 1 N–H and O–H groups in total. The van der Waals surface area contributed by atoms with E-state index in [2.05, 4.69) is 31.4 Å². The van der Waals surface area contributed by atoms with E-state index in [1.54, 1.807) is 27.7 Å². The van der Waals surface area contributed by atoms with Gasteiger partial charge in [-0.2, -0.15) is 10.2 Å². The summed E-state index contributed by atoms with van der Waals surface area (Å²) >= 11 is 9.69. The second kappa shape index (κ2) is 8.45. The lowest BCUT2D eigenvalue weighted by molar-refractivity contribution is -0.119. The Balaban J connectivity index is 1.66. The van der Waals surface area contributed by atoms with Crippen LogP contribution >= 0.6 is 27.5 Å². The van der Waals surface area contributed by atoms with E-state index in [0.29, 0.717) is 18.1 Å². The van der Waals surface area contributed by atoms with Crippen molar-refractivity contribution in [3.05, 3.63) is 62.7 Å². The Labute approximate surface area is 175 Å². The second-order valence-electron chi connectivity index (χ2n) is 6.71. The number of halogens is 3. The van der Waals surface area contributed by atoms with Crippen LogP contribution in [0.15, 0.2) is 34.9 Å². The molecule has 2 aromatic heterocycles. The Hall–Kier alpha value is -2.19. The van der Waals surface area contributed by atoms with Gasteiger partial charge in [0.1, 0.15) is 10.8 Å². The standard InChI is InChI=1S/C19H20BrClFN5O/c1-11(8-27-13(3)17(20)12(2)24-27)19(28)23-18-16(21)10-26(25-18)9-14-5-4-6-15(22)7-14/h4-7,10-11H,8-9H2,1-3H3,(H,23,25,28). The van der Waals surface area contributed by atoms with Crippen molar-refractivity contribution in [3.8, 4) is 0 Å². The molecule has 3 rings (SSSR count). The lowest BCUT2D eigenvalue weighted by Crippen LogP contribution is -2.25. The molecular weight excluding hydrogens is 449 g/mol. The zero-order chi connectivity index (χ0) is 20.4. The summed E-state index contributed by atoms with van der Waals surface area (Å²) in [5.41, 5.74) is 2.60. The van der Waals surface area contributed by atoms with Crippen molar-refractivity contribution >= 4 is 39.3 Å². The summed E-state index contributed by atoms with van der Waals surface area (Å²) in [6, 6.07) is 6.25. The number of carbonyl (C=O) groups is 1. The van der Waals surface area contributed by atoms with Gasteiger partial charge in [0.25, 0.3) is 0 Å². The Morgan fingerprint density at radius 1 is 1.36 bits per heavy atom. The predicted molar refractivity (Wildman–Crippen MR) is 110 cm³/mol. The lowest BCUT2D eigenvalue weighted by Gasteiger charge is -2.12. The summed E-state index contributed by atoms with van der Waals surface area (Å²) < 4.78 is 17.6. The molecule has 2 heterocycles. The van der Waals surface area contributed by atoms with Crippen LogP contribution < -0.4 is 5.32 Å². The third-order valence-corrected chi connectivity index (χ3v) is 5.80. The van der Waals surface area contributed by atoms with Crippen LogP contribution in [0.25, 0.3) is 0 Å². The number of hydrogen-bond acceptors (Lipinski definition) is 3. The van der Waals surface area contributed by atoms with Crippen molar-refractivity contribution in [2.24, 2.45) is 5.92 Å². The first kappa shape index (κ1) is 20.5. The van der Waals surface area contributed by atoms with Crippen LogP contribution in [-0.2, 0) is 17.9 Å². The largest absolute Gasteiger partial charge is 0.308 e. The molecule has 148 valence electrons. The minimum Gasteiger partial charge on any atom is -0.308 e. The van der Waals surface area contributed by atoms with Crippen molar-refractivity contribution in [2.75, 3.05) is 5.32 Å². The van der Waals surface area contributed by atoms with E-state index in [1.807, 2.05) is 20.8 Å². The van der Waals surface area contributed by atoms with Gasteiger partial charge >= 0.3 is 0 Å². The molecule has 0 aliphatic carbocycles. The molecule has 0 saturated carbocycles. The number of amides is 1. The van der Waals surface area contributed by atoms with E-state index in [9.17, 15) is 9.18 Å². The molecule has 6 nitrogen and oxygen atoms in total. The Bertz CT molecular complexity index is 1020. The average molecular weight is 469 g/mol. The minimum absolute atomic E-state index is 0.207. The molecule has 0 aliphatic heterocycles. The van der Waals surface area contributed by atoms with Crippen molar-refractivity contribution in [2.45, 2.75) is 33.9 Å². The monoisotopic (exact) mass is 467 g/mol. The maximum absolute atomic E-state index is 13.3. The highest BCUT2D eigenvalue weighted by atomic mass is 79.9. The number of rotatable bonds is 6. The highest BCUT2D eigenvalue weighted by molar-refractivity contribution is 9.10. The third kappa shape index (κ3) is 4.62. The second-order valence-corrected chi connectivity index (χ2v) is 7.91. The van der Waals surface area contributed by atoms with Gasteiger partial charge < -0.3 is 5.32 Å². The van der Waals surface area contributed by atoms with Crippen LogP contribution in [0.3, 0.4) is 0 Å². The fourth-order valence-corrected chi connectivity index (χ4v) is 3.30. The molecule has 9 heteroatoms. The van der Waals surface area contributed by atoms with Crippen molar-refractivity contribution < 1.29 is 9.18 Å². The maximum Gasteiger partial charge on any atom is 0.230 e. The van der Waals surface area contributed by atoms with E-state index >= 15 is 0 Å². The van der Waals surface area contributed by atoms with Crippen LogP contribution in [0.5, 0.6) is 0 Å². The molecule has 0 aliphatic rings. The maximum atomic E-state index is 13.3. The normalized spacial score (nSPS) is 12.2. The summed E-state index contributed by atoms with van der Waals surface area (Å²) in [4.78, 5) is 12.6. The van der Waals surface area contributed by atoms with Gasteiger partial charge in [-0.15, -0.1) is 0 Å². The first-order valence-corrected chi connectivity index (χ1v) is 9.89. The van der Waals surface area contributed by atoms with Gasteiger partial charge in [0, 0.05) is 11.9 Å². The van der Waals surface area contributed by atoms with Crippen LogP contribution in [0.1, 0.15) is 23.9 Å². The number of anilines is 1. The first-order valence-electron chi connectivity index (χ1n) is 8.72. The third-order valence-electron chi connectivity index (χ3n) is 4.38. The lowest BCUT2D eigenvalue weighted by atomic mass is 10.1. The Kier molecular flexibility index (Phi) is 6.20. The van der Waals surface area contributed by atoms with Gasteiger partial charge in [-0.1, -0.05) is 30.7 Å². The summed E-state index contributed by atoms with van der Waals surface area (Å²) in [6.07, 6.45) is 1.60. The zero-order valence-corrected chi connectivity index (χ0v) is 18.1. The van der Waals surface area contributed by atoms with Gasteiger partial charge in [0.2, 0.25) is 5.91 Å². The zero-order valence-electron chi connectivity index (χ0n) is 15.7. The summed E-state index contributed by atoms with van der Waals surface area (Å²) in [5, 5.41) is 11.8. The molecule has 1 aromatic carbocycles. The molecule has 1 amide bonds. The number of aromatic nitrogens is 4. The number of aryl methyl sites for hydroxylation is 1. The molecular formula is C19H20BrClFN5O.